The third kappa shape index (κ3) is 10.6. The smallest absolute Gasteiger partial charge is 0.127 e. The van der Waals surface area contributed by atoms with E-state index < -0.39 is 0 Å². The minimum atomic E-state index is 0.120. The SMILES string of the molecule is CCCCCCCCCCCCCCCCOc1cc(OC)ccc1C(c1ccccc1)c1ccccc1. The normalized spacial score (nSPS) is 11.1. The highest BCUT2D eigenvalue weighted by Crippen LogP contribution is 2.39. The Morgan fingerprint density at radius 1 is 0.553 bits per heavy atom. The molecule has 0 radical (unpaired) electrons. The fraction of sp³-hybridized carbons (Fsp3) is 0.500. The van der Waals surface area contributed by atoms with E-state index in [9.17, 15) is 0 Å². The number of ether oxygens (including phenoxy) is 2. The van der Waals surface area contributed by atoms with Crippen LogP contribution in [0.2, 0.25) is 0 Å². The monoisotopic (exact) mass is 514 g/mol. The quantitative estimate of drug-likeness (QED) is 0.110. The van der Waals surface area contributed by atoms with Crippen LogP contribution in [0.5, 0.6) is 11.5 Å². The fourth-order valence-electron chi connectivity index (χ4n) is 5.33. The van der Waals surface area contributed by atoms with Gasteiger partial charge in [0.25, 0.3) is 0 Å². The molecule has 0 aromatic heterocycles. The Labute approximate surface area is 232 Å². The molecule has 0 N–H and O–H groups in total. The minimum absolute atomic E-state index is 0.120. The van der Waals surface area contributed by atoms with Gasteiger partial charge in [0.2, 0.25) is 0 Å². The third-order valence-electron chi connectivity index (χ3n) is 7.55. The Morgan fingerprint density at radius 2 is 1.03 bits per heavy atom. The molecular formula is C36H50O2. The predicted molar refractivity (Wildman–Crippen MR) is 163 cm³/mol. The maximum absolute atomic E-state index is 6.43. The molecule has 0 saturated heterocycles. The Balaban J connectivity index is 1.44. The van der Waals surface area contributed by atoms with E-state index in [4.69, 9.17) is 9.47 Å². The lowest BCUT2D eigenvalue weighted by molar-refractivity contribution is 0.298. The Morgan fingerprint density at radius 3 is 1.50 bits per heavy atom. The van der Waals surface area contributed by atoms with Gasteiger partial charge in [0.05, 0.1) is 13.7 Å². The number of rotatable bonds is 20. The van der Waals surface area contributed by atoms with E-state index in [1.165, 1.54) is 100 Å². The van der Waals surface area contributed by atoms with Crippen molar-refractivity contribution in [1.29, 1.82) is 0 Å². The largest absolute Gasteiger partial charge is 0.497 e. The molecule has 206 valence electrons. The molecule has 0 atom stereocenters. The van der Waals surface area contributed by atoms with Crippen molar-refractivity contribution in [2.24, 2.45) is 0 Å². The lowest BCUT2D eigenvalue weighted by Gasteiger charge is -2.22. The second kappa shape index (κ2) is 18.5. The molecule has 3 aromatic carbocycles. The molecule has 3 aromatic rings. The first kappa shape index (κ1) is 29.8. The number of benzene rings is 3. The van der Waals surface area contributed by atoms with E-state index in [1.807, 2.05) is 6.07 Å². The van der Waals surface area contributed by atoms with Gasteiger partial charge in [-0.15, -0.1) is 0 Å². The zero-order valence-corrected chi connectivity index (χ0v) is 24.0. The second-order valence-corrected chi connectivity index (χ2v) is 10.6. The van der Waals surface area contributed by atoms with Crippen LogP contribution >= 0.6 is 0 Å². The maximum Gasteiger partial charge on any atom is 0.127 e. The maximum atomic E-state index is 6.43. The van der Waals surface area contributed by atoms with Crippen molar-refractivity contribution < 1.29 is 9.47 Å². The highest BCUT2D eigenvalue weighted by Gasteiger charge is 2.21. The molecule has 2 heteroatoms. The van der Waals surface area contributed by atoms with Crippen LogP contribution in [0, 0.1) is 0 Å². The van der Waals surface area contributed by atoms with Crippen LogP contribution in [-0.2, 0) is 0 Å². The number of hydrogen-bond donors (Lipinski definition) is 0. The van der Waals surface area contributed by atoms with Crippen molar-refractivity contribution in [2.75, 3.05) is 13.7 Å². The average Bonchev–Trinajstić information content (AvgIpc) is 2.97. The highest BCUT2D eigenvalue weighted by atomic mass is 16.5. The Bertz CT molecular complexity index is 943. The minimum Gasteiger partial charge on any atom is -0.497 e. The van der Waals surface area contributed by atoms with Crippen molar-refractivity contribution in [3.63, 3.8) is 0 Å². The zero-order valence-electron chi connectivity index (χ0n) is 24.0. The fourth-order valence-corrected chi connectivity index (χ4v) is 5.33. The first-order chi connectivity index (χ1) is 18.8. The molecule has 0 saturated carbocycles. The summed E-state index contributed by atoms with van der Waals surface area (Å²) in [7, 11) is 1.72. The standard InChI is InChI=1S/C36H50O2/c1-3-4-5-6-7-8-9-10-11-12-13-14-15-22-29-38-35-30-33(37-2)27-28-34(35)36(31-23-18-16-19-24-31)32-25-20-17-21-26-32/h16-21,23-28,30,36H,3-15,22,29H2,1-2H3. The van der Waals surface area contributed by atoms with E-state index in [2.05, 4.69) is 79.7 Å². The van der Waals surface area contributed by atoms with Gasteiger partial charge in [0, 0.05) is 17.5 Å². The van der Waals surface area contributed by atoms with E-state index >= 15 is 0 Å². The average molecular weight is 515 g/mol. The number of hydrogen-bond acceptors (Lipinski definition) is 2. The van der Waals surface area contributed by atoms with Gasteiger partial charge >= 0.3 is 0 Å². The molecule has 0 aliphatic carbocycles. The van der Waals surface area contributed by atoms with Crippen molar-refractivity contribution in [3.05, 3.63) is 95.6 Å². The van der Waals surface area contributed by atoms with Crippen LogP contribution in [0.15, 0.2) is 78.9 Å². The van der Waals surface area contributed by atoms with Crippen LogP contribution in [0.25, 0.3) is 0 Å². The Kier molecular flexibility index (Phi) is 14.5. The summed E-state index contributed by atoms with van der Waals surface area (Å²) in [4.78, 5) is 0. The summed E-state index contributed by atoms with van der Waals surface area (Å²) < 4.78 is 12.0. The van der Waals surface area contributed by atoms with Gasteiger partial charge in [0.15, 0.2) is 0 Å². The molecule has 0 fully saturated rings. The molecule has 38 heavy (non-hydrogen) atoms. The van der Waals surface area contributed by atoms with Crippen LogP contribution in [0.1, 0.15) is 119 Å². The molecule has 0 unspecified atom stereocenters. The lowest BCUT2D eigenvalue weighted by atomic mass is 9.84. The van der Waals surface area contributed by atoms with Crippen LogP contribution < -0.4 is 9.47 Å². The number of methoxy groups -OCH3 is 1. The van der Waals surface area contributed by atoms with Gasteiger partial charge < -0.3 is 9.47 Å². The molecule has 0 heterocycles. The molecule has 0 amide bonds. The van der Waals surface area contributed by atoms with E-state index in [1.54, 1.807) is 7.11 Å². The van der Waals surface area contributed by atoms with Gasteiger partial charge in [-0.2, -0.15) is 0 Å². The molecule has 0 bridgehead atoms. The van der Waals surface area contributed by atoms with Gasteiger partial charge in [0.1, 0.15) is 11.5 Å². The lowest BCUT2D eigenvalue weighted by Crippen LogP contribution is -2.08. The molecule has 0 spiro atoms. The number of unbranched alkanes of at least 4 members (excludes halogenated alkanes) is 13. The summed E-state index contributed by atoms with van der Waals surface area (Å²) in [6.07, 6.45) is 19.1. The van der Waals surface area contributed by atoms with Gasteiger partial charge in [-0.1, -0.05) is 157 Å². The topological polar surface area (TPSA) is 18.5 Å². The highest BCUT2D eigenvalue weighted by molar-refractivity contribution is 5.51. The summed E-state index contributed by atoms with van der Waals surface area (Å²) in [5.41, 5.74) is 3.73. The summed E-state index contributed by atoms with van der Waals surface area (Å²) >= 11 is 0. The summed E-state index contributed by atoms with van der Waals surface area (Å²) in [6.45, 7) is 3.03. The van der Waals surface area contributed by atoms with Crippen LogP contribution in [-0.4, -0.2) is 13.7 Å². The van der Waals surface area contributed by atoms with Crippen LogP contribution in [0.3, 0.4) is 0 Å². The molecule has 2 nitrogen and oxygen atoms in total. The molecule has 3 rings (SSSR count). The second-order valence-electron chi connectivity index (χ2n) is 10.6. The van der Waals surface area contributed by atoms with Crippen molar-refractivity contribution in [1.82, 2.24) is 0 Å². The van der Waals surface area contributed by atoms with Gasteiger partial charge in [-0.05, 0) is 23.6 Å². The molecule has 0 aliphatic heterocycles. The predicted octanol–water partition coefficient (Wildman–Crippen LogP) is 10.7. The van der Waals surface area contributed by atoms with Crippen molar-refractivity contribution in [2.45, 2.75) is 103 Å². The van der Waals surface area contributed by atoms with E-state index in [0.717, 1.165) is 24.5 Å². The van der Waals surface area contributed by atoms with Crippen molar-refractivity contribution in [3.8, 4) is 11.5 Å². The van der Waals surface area contributed by atoms with Gasteiger partial charge in [-0.3, -0.25) is 0 Å². The third-order valence-corrected chi connectivity index (χ3v) is 7.55. The van der Waals surface area contributed by atoms with Crippen molar-refractivity contribution >= 4 is 0 Å². The zero-order chi connectivity index (χ0) is 26.7. The van der Waals surface area contributed by atoms with Gasteiger partial charge in [-0.25, -0.2) is 0 Å². The summed E-state index contributed by atoms with van der Waals surface area (Å²) in [5.74, 6) is 1.89. The molecule has 0 aliphatic rings. The van der Waals surface area contributed by atoms with Crippen LogP contribution in [0.4, 0.5) is 0 Å². The van der Waals surface area contributed by atoms with E-state index in [0.29, 0.717) is 0 Å². The first-order valence-corrected chi connectivity index (χ1v) is 15.2. The first-order valence-electron chi connectivity index (χ1n) is 15.2. The molecular weight excluding hydrogens is 464 g/mol. The Hall–Kier alpha value is -2.74. The van der Waals surface area contributed by atoms with E-state index in [-0.39, 0.29) is 5.92 Å². The summed E-state index contributed by atoms with van der Waals surface area (Å²) in [5, 5.41) is 0. The summed E-state index contributed by atoms with van der Waals surface area (Å²) in [6, 6.07) is 27.7.